The highest BCUT2D eigenvalue weighted by molar-refractivity contribution is 5.65. The van der Waals surface area contributed by atoms with Gasteiger partial charge >= 0.3 is 5.97 Å². The van der Waals surface area contributed by atoms with Gasteiger partial charge in [-0.25, -0.2) is 0 Å². The average Bonchev–Trinajstić information content (AvgIpc) is 2.42. The van der Waals surface area contributed by atoms with E-state index in [1.165, 1.54) is 23.6 Å². The van der Waals surface area contributed by atoms with Crippen molar-refractivity contribution in [2.24, 2.45) is 0 Å². The van der Waals surface area contributed by atoms with Gasteiger partial charge in [0, 0.05) is 25.7 Å². The van der Waals surface area contributed by atoms with Crippen LogP contribution in [0, 0.1) is 0 Å². The molecule has 3 heteroatoms. The summed E-state index contributed by atoms with van der Waals surface area (Å²) in [7, 11) is 0. The number of benzene rings is 1. The molecule has 0 aliphatic carbocycles. The van der Waals surface area contributed by atoms with Crippen molar-refractivity contribution in [2.75, 3.05) is 6.61 Å². The van der Waals surface area contributed by atoms with E-state index in [4.69, 9.17) is 4.74 Å². The SMILES string of the molecule is CC(=O)OCCc1ccc(Cc2ccncc2)cc1. The molecule has 1 aromatic carbocycles. The minimum absolute atomic E-state index is 0.227. The Morgan fingerprint density at radius 2 is 1.58 bits per heavy atom. The molecule has 0 atom stereocenters. The van der Waals surface area contributed by atoms with E-state index in [1.807, 2.05) is 24.5 Å². The third kappa shape index (κ3) is 4.54. The molecule has 0 saturated carbocycles. The van der Waals surface area contributed by atoms with Gasteiger partial charge in [-0.05, 0) is 35.2 Å². The van der Waals surface area contributed by atoms with E-state index in [0.29, 0.717) is 6.61 Å². The van der Waals surface area contributed by atoms with Crippen molar-refractivity contribution in [1.29, 1.82) is 0 Å². The number of ether oxygens (including phenoxy) is 1. The van der Waals surface area contributed by atoms with Gasteiger partial charge in [-0.2, -0.15) is 0 Å². The van der Waals surface area contributed by atoms with Gasteiger partial charge in [0.2, 0.25) is 0 Å². The number of esters is 1. The van der Waals surface area contributed by atoms with Crippen molar-refractivity contribution >= 4 is 5.97 Å². The van der Waals surface area contributed by atoms with Gasteiger partial charge in [0.15, 0.2) is 0 Å². The highest BCUT2D eigenvalue weighted by atomic mass is 16.5. The second-order valence-corrected chi connectivity index (χ2v) is 4.44. The van der Waals surface area contributed by atoms with Crippen LogP contribution in [0.25, 0.3) is 0 Å². The minimum Gasteiger partial charge on any atom is -0.466 e. The molecular weight excluding hydrogens is 238 g/mol. The first kappa shape index (κ1) is 13.3. The van der Waals surface area contributed by atoms with Gasteiger partial charge in [-0.15, -0.1) is 0 Å². The van der Waals surface area contributed by atoms with Crippen molar-refractivity contribution in [2.45, 2.75) is 19.8 Å². The van der Waals surface area contributed by atoms with Crippen molar-refractivity contribution in [3.63, 3.8) is 0 Å². The van der Waals surface area contributed by atoms with Crippen LogP contribution in [0.5, 0.6) is 0 Å². The summed E-state index contributed by atoms with van der Waals surface area (Å²) in [6.07, 6.45) is 5.29. The van der Waals surface area contributed by atoms with Crippen molar-refractivity contribution < 1.29 is 9.53 Å². The van der Waals surface area contributed by atoms with Gasteiger partial charge in [-0.1, -0.05) is 24.3 Å². The monoisotopic (exact) mass is 255 g/mol. The van der Waals surface area contributed by atoms with Gasteiger partial charge in [-0.3, -0.25) is 9.78 Å². The molecule has 19 heavy (non-hydrogen) atoms. The zero-order chi connectivity index (χ0) is 13.5. The third-order valence-corrected chi connectivity index (χ3v) is 2.88. The van der Waals surface area contributed by atoms with E-state index in [2.05, 4.69) is 29.2 Å². The number of pyridine rings is 1. The predicted octanol–water partition coefficient (Wildman–Crippen LogP) is 2.78. The fourth-order valence-corrected chi connectivity index (χ4v) is 1.87. The summed E-state index contributed by atoms with van der Waals surface area (Å²) in [5.74, 6) is -0.227. The fourth-order valence-electron chi connectivity index (χ4n) is 1.87. The quantitative estimate of drug-likeness (QED) is 0.771. The predicted molar refractivity (Wildman–Crippen MR) is 73.8 cm³/mol. The van der Waals surface area contributed by atoms with Crippen molar-refractivity contribution in [3.05, 3.63) is 65.5 Å². The molecule has 0 aliphatic heterocycles. The number of hydrogen-bond acceptors (Lipinski definition) is 3. The lowest BCUT2D eigenvalue weighted by Gasteiger charge is -2.05. The standard InChI is InChI=1S/C16H17NO2/c1-13(18)19-11-8-14-2-4-15(5-3-14)12-16-6-9-17-10-7-16/h2-7,9-10H,8,11-12H2,1H3. The molecule has 3 nitrogen and oxygen atoms in total. The Morgan fingerprint density at radius 1 is 1.00 bits per heavy atom. The lowest BCUT2D eigenvalue weighted by Crippen LogP contribution is -2.03. The van der Waals surface area contributed by atoms with Crippen LogP contribution in [0.3, 0.4) is 0 Å². The first-order valence-corrected chi connectivity index (χ1v) is 6.34. The molecule has 0 fully saturated rings. The Morgan fingerprint density at radius 3 is 2.21 bits per heavy atom. The molecule has 0 spiro atoms. The highest BCUT2D eigenvalue weighted by Gasteiger charge is 1.98. The molecule has 1 aromatic heterocycles. The zero-order valence-electron chi connectivity index (χ0n) is 11.0. The van der Waals surface area contributed by atoms with Crippen molar-refractivity contribution in [3.8, 4) is 0 Å². The molecule has 2 aromatic rings. The van der Waals surface area contributed by atoms with Crippen molar-refractivity contribution in [1.82, 2.24) is 4.98 Å². The van der Waals surface area contributed by atoms with E-state index >= 15 is 0 Å². The number of hydrogen-bond donors (Lipinski definition) is 0. The molecule has 0 amide bonds. The summed E-state index contributed by atoms with van der Waals surface area (Å²) >= 11 is 0. The molecule has 0 saturated heterocycles. The summed E-state index contributed by atoms with van der Waals surface area (Å²) in [5.41, 5.74) is 3.70. The van der Waals surface area contributed by atoms with Crippen LogP contribution in [0.1, 0.15) is 23.6 Å². The molecule has 0 bridgehead atoms. The molecule has 0 aliphatic rings. The summed E-state index contributed by atoms with van der Waals surface area (Å²) in [4.78, 5) is 14.7. The Bertz CT molecular complexity index is 520. The topological polar surface area (TPSA) is 39.2 Å². The van der Waals surface area contributed by atoms with Gasteiger partial charge in [0.25, 0.3) is 0 Å². The summed E-state index contributed by atoms with van der Waals surface area (Å²) in [6, 6.07) is 12.4. The molecule has 0 N–H and O–H groups in total. The molecule has 1 heterocycles. The van der Waals surface area contributed by atoms with E-state index in [0.717, 1.165) is 12.8 Å². The largest absolute Gasteiger partial charge is 0.466 e. The molecule has 0 unspecified atom stereocenters. The summed E-state index contributed by atoms with van der Waals surface area (Å²) in [5, 5.41) is 0. The smallest absolute Gasteiger partial charge is 0.302 e. The molecule has 0 radical (unpaired) electrons. The van der Waals surface area contributed by atoms with Crippen LogP contribution in [0.4, 0.5) is 0 Å². The van der Waals surface area contributed by atoms with Crippen LogP contribution in [-0.4, -0.2) is 17.6 Å². The van der Waals surface area contributed by atoms with Crippen LogP contribution < -0.4 is 0 Å². The molecule has 2 rings (SSSR count). The Hall–Kier alpha value is -2.16. The van der Waals surface area contributed by atoms with E-state index in [-0.39, 0.29) is 5.97 Å². The maximum atomic E-state index is 10.7. The maximum absolute atomic E-state index is 10.7. The molecular formula is C16H17NO2. The lowest BCUT2D eigenvalue weighted by molar-refractivity contribution is -0.140. The number of carbonyl (C=O) groups excluding carboxylic acids is 1. The maximum Gasteiger partial charge on any atom is 0.302 e. The van der Waals surface area contributed by atoms with Crippen LogP contribution in [-0.2, 0) is 22.4 Å². The van der Waals surface area contributed by atoms with Gasteiger partial charge < -0.3 is 4.74 Å². The van der Waals surface area contributed by atoms with Gasteiger partial charge in [0.1, 0.15) is 0 Å². The Kier molecular flexibility index (Phi) is 4.67. The second-order valence-electron chi connectivity index (χ2n) is 4.44. The normalized spacial score (nSPS) is 10.2. The number of aromatic nitrogens is 1. The van der Waals surface area contributed by atoms with Gasteiger partial charge in [0.05, 0.1) is 6.61 Å². The number of nitrogens with zero attached hydrogens (tertiary/aromatic N) is 1. The fraction of sp³-hybridized carbons (Fsp3) is 0.250. The zero-order valence-corrected chi connectivity index (χ0v) is 11.0. The first-order chi connectivity index (χ1) is 9.24. The summed E-state index contributed by atoms with van der Waals surface area (Å²) in [6.45, 7) is 1.87. The first-order valence-electron chi connectivity index (χ1n) is 6.34. The minimum atomic E-state index is -0.227. The second kappa shape index (κ2) is 6.69. The van der Waals surface area contributed by atoms with E-state index in [9.17, 15) is 4.79 Å². The Labute approximate surface area is 113 Å². The highest BCUT2D eigenvalue weighted by Crippen LogP contribution is 2.10. The number of rotatable bonds is 5. The molecule has 98 valence electrons. The van der Waals surface area contributed by atoms with E-state index in [1.54, 1.807) is 0 Å². The van der Waals surface area contributed by atoms with Crippen LogP contribution >= 0.6 is 0 Å². The third-order valence-electron chi connectivity index (χ3n) is 2.88. The number of carbonyl (C=O) groups is 1. The Balaban J connectivity index is 1.89. The van der Waals surface area contributed by atoms with Crippen LogP contribution in [0.15, 0.2) is 48.8 Å². The van der Waals surface area contributed by atoms with E-state index < -0.39 is 0 Å². The summed E-state index contributed by atoms with van der Waals surface area (Å²) < 4.78 is 4.93. The lowest BCUT2D eigenvalue weighted by atomic mass is 10.0. The average molecular weight is 255 g/mol. The van der Waals surface area contributed by atoms with Crippen LogP contribution in [0.2, 0.25) is 0 Å².